The van der Waals surface area contributed by atoms with Crippen LogP contribution < -0.4 is 9.80 Å². The Hall–Kier alpha value is -2.45. The second-order valence-electron chi connectivity index (χ2n) is 6.20. The van der Waals surface area contributed by atoms with Crippen LogP contribution in [-0.2, 0) is 14.3 Å². The molecule has 2 aromatic rings. The maximum Gasteiger partial charge on any atom is 0.357 e. The molecule has 3 rings (SSSR count). The van der Waals surface area contributed by atoms with Gasteiger partial charge in [-0.05, 0) is 32.0 Å². The summed E-state index contributed by atoms with van der Waals surface area (Å²) in [5.74, 6) is -1.31. The van der Waals surface area contributed by atoms with Crippen molar-refractivity contribution in [1.29, 1.82) is 0 Å². The van der Waals surface area contributed by atoms with Crippen molar-refractivity contribution in [2.24, 2.45) is 5.92 Å². The average molecular weight is 422 g/mol. The molecule has 2 heterocycles. The first-order valence-corrected chi connectivity index (χ1v) is 10.2. The van der Waals surface area contributed by atoms with E-state index in [4.69, 9.17) is 16.3 Å². The van der Waals surface area contributed by atoms with Gasteiger partial charge in [-0.3, -0.25) is 14.5 Å². The van der Waals surface area contributed by atoms with E-state index in [9.17, 15) is 14.4 Å². The molecule has 0 saturated carbocycles. The van der Waals surface area contributed by atoms with Crippen molar-refractivity contribution in [3.8, 4) is 0 Å². The number of thiazole rings is 1. The zero-order valence-electron chi connectivity index (χ0n) is 15.6. The number of amides is 2. The summed E-state index contributed by atoms with van der Waals surface area (Å²) in [4.78, 5) is 44.6. The van der Waals surface area contributed by atoms with Crippen molar-refractivity contribution in [3.05, 3.63) is 40.4 Å². The van der Waals surface area contributed by atoms with E-state index in [0.29, 0.717) is 22.4 Å². The lowest BCUT2D eigenvalue weighted by Gasteiger charge is -2.22. The minimum atomic E-state index is -0.517. The normalized spacial score (nSPS) is 16.3. The van der Waals surface area contributed by atoms with Crippen molar-refractivity contribution < 1.29 is 19.1 Å². The Morgan fingerprint density at radius 3 is 2.86 bits per heavy atom. The van der Waals surface area contributed by atoms with Gasteiger partial charge in [-0.25, -0.2) is 9.78 Å². The fourth-order valence-corrected chi connectivity index (χ4v) is 4.11. The van der Waals surface area contributed by atoms with Crippen molar-refractivity contribution in [3.63, 3.8) is 0 Å². The molecule has 2 amide bonds. The summed E-state index contributed by atoms with van der Waals surface area (Å²) in [6.45, 7) is 4.47. The summed E-state index contributed by atoms with van der Waals surface area (Å²) in [7, 11) is 0. The van der Waals surface area contributed by atoms with E-state index in [1.54, 1.807) is 41.5 Å². The van der Waals surface area contributed by atoms with E-state index in [-0.39, 0.29) is 37.1 Å². The summed E-state index contributed by atoms with van der Waals surface area (Å²) < 4.78 is 4.94. The number of hydrogen-bond donors (Lipinski definition) is 0. The lowest BCUT2D eigenvalue weighted by Crippen LogP contribution is -2.37. The van der Waals surface area contributed by atoms with Gasteiger partial charge >= 0.3 is 5.97 Å². The van der Waals surface area contributed by atoms with Gasteiger partial charge in [-0.1, -0.05) is 17.7 Å². The van der Waals surface area contributed by atoms with Crippen LogP contribution in [0.1, 0.15) is 30.8 Å². The molecule has 1 fully saturated rings. The van der Waals surface area contributed by atoms with Gasteiger partial charge in [0.25, 0.3) is 0 Å². The first-order valence-electron chi connectivity index (χ1n) is 8.94. The molecular weight excluding hydrogens is 402 g/mol. The number of anilines is 2. The smallest absolute Gasteiger partial charge is 0.357 e. The molecule has 1 saturated heterocycles. The van der Waals surface area contributed by atoms with Gasteiger partial charge in [0.2, 0.25) is 11.8 Å². The Kier molecular flexibility index (Phi) is 6.31. The van der Waals surface area contributed by atoms with Gasteiger partial charge in [0.15, 0.2) is 10.8 Å². The number of benzene rings is 1. The van der Waals surface area contributed by atoms with Crippen LogP contribution in [0.25, 0.3) is 0 Å². The number of ether oxygens (including phenoxy) is 1. The molecular formula is C19H20ClN3O4S. The van der Waals surface area contributed by atoms with Crippen molar-refractivity contribution in [1.82, 2.24) is 4.98 Å². The summed E-state index contributed by atoms with van der Waals surface area (Å²) in [6.07, 6.45) is 0.123. The average Bonchev–Trinajstić information content (AvgIpc) is 3.30. The predicted octanol–water partition coefficient (Wildman–Crippen LogP) is 3.38. The molecule has 0 bridgehead atoms. The highest BCUT2D eigenvalue weighted by Gasteiger charge is 2.38. The highest BCUT2D eigenvalue weighted by atomic mass is 35.5. The predicted molar refractivity (Wildman–Crippen MR) is 108 cm³/mol. The largest absolute Gasteiger partial charge is 0.461 e. The summed E-state index contributed by atoms with van der Waals surface area (Å²) in [6, 6.07) is 7.00. The van der Waals surface area contributed by atoms with Gasteiger partial charge < -0.3 is 9.64 Å². The Labute approximate surface area is 171 Å². The topological polar surface area (TPSA) is 79.8 Å². The van der Waals surface area contributed by atoms with E-state index < -0.39 is 11.9 Å². The zero-order valence-corrected chi connectivity index (χ0v) is 17.1. The van der Waals surface area contributed by atoms with Crippen molar-refractivity contribution in [2.75, 3.05) is 29.5 Å². The molecule has 0 N–H and O–H groups in total. The van der Waals surface area contributed by atoms with Crippen LogP contribution >= 0.6 is 22.9 Å². The highest BCUT2D eigenvalue weighted by molar-refractivity contribution is 7.14. The van der Waals surface area contributed by atoms with E-state index >= 15 is 0 Å². The van der Waals surface area contributed by atoms with Gasteiger partial charge in [0.1, 0.15) is 0 Å². The Bertz CT molecular complexity index is 901. The van der Waals surface area contributed by atoms with Crippen molar-refractivity contribution in [2.45, 2.75) is 20.3 Å². The van der Waals surface area contributed by atoms with Crippen LogP contribution in [0.5, 0.6) is 0 Å². The third-order valence-electron chi connectivity index (χ3n) is 4.38. The third kappa shape index (κ3) is 4.18. The molecule has 0 unspecified atom stereocenters. The molecule has 0 radical (unpaired) electrons. The number of hydrogen-bond acceptors (Lipinski definition) is 6. The molecule has 0 aliphatic carbocycles. The third-order valence-corrected chi connectivity index (χ3v) is 5.48. The lowest BCUT2D eigenvalue weighted by atomic mass is 10.1. The maximum absolute atomic E-state index is 13.0. The molecule has 0 spiro atoms. The summed E-state index contributed by atoms with van der Waals surface area (Å²) in [5, 5.41) is 2.52. The molecule has 1 aromatic heterocycles. The fraction of sp³-hybridized carbons (Fsp3) is 0.368. The minimum Gasteiger partial charge on any atom is -0.461 e. The fourth-order valence-electron chi connectivity index (χ4n) is 3.06. The molecule has 28 heavy (non-hydrogen) atoms. The van der Waals surface area contributed by atoms with E-state index in [1.165, 1.54) is 16.2 Å². The molecule has 1 atom stereocenters. The molecule has 148 valence electrons. The molecule has 1 aliphatic rings. The molecule has 9 heteroatoms. The first kappa shape index (κ1) is 20.3. The Balaban J connectivity index is 1.75. The number of carbonyl (C=O) groups is 3. The van der Waals surface area contributed by atoms with Gasteiger partial charge in [-0.2, -0.15) is 0 Å². The van der Waals surface area contributed by atoms with Crippen LogP contribution in [0.2, 0.25) is 5.02 Å². The summed E-state index contributed by atoms with van der Waals surface area (Å²) in [5.41, 5.74) is 0.853. The summed E-state index contributed by atoms with van der Waals surface area (Å²) >= 11 is 7.22. The van der Waals surface area contributed by atoms with Crippen LogP contribution in [0.3, 0.4) is 0 Å². The molecule has 1 aliphatic heterocycles. The van der Waals surface area contributed by atoms with Crippen LogP contribution in [0.15, 0.2) is 29.6 Å². The quantitative estimate of drug-likeness (QED) is 0.668. The first-order chi connectivity index (χ1) is 13.4. The molecule has 1 aromatic carbocycles. The number of aromatic nitrogens is 1. The van der Waals surface area contributed by atoms with Crippen LogP contribution in [0, 0.1) is 5.92 Å². The Morgan fingerprint density at radius 1 is 1.39 bits per heavy atom. The SMILES string of the molecule is CCOC(=O)c1csc(N(CC)C(=O)[C@H]2CC(=O)N(c3cccc(Cl)c3)C2)n1. The van der Waals surface area contributed by atoms with Crippen LogP contribution in [-0.4, -0.2) is 42.5 Å². The standard InChI is InChI=1S/C19H20ClN3O4S/c1-3-22(19-21-15(11-28-19)18(26)27-4-2)17(25)12-8-16(24)23(10-12)14-7-5-6-13(20)9-14/h5-7,9,11-12H,3-4,8,10H2,1-2H3/t12-/m0/s1. The van der Waals surface area contributed by atoms with E-state index in [1.807, 2.05) is 6.92 Å². The van der Waals surface area contributed by atoms with Gasteiger partial charge in [0, 0.05) is 35.6 Å². The van der Waals surface area contributed by atoms with Gasteiger partial charge in [0.05, 0.1) is 12.5 Å². The number of carbonyl (C=O) groups excluding carboxylic acids is 3. The van der Waals surface area contributed by atoms with Gasteiger partial charge in [-0.15, -0.1) is 11.3 Å². The second-order valence-corrected chi connectivity index (χ2v) is 7.48. The van der Waals surface area contributed by atoms with E-state index in [0.717, 1.165) is 0 Å². The second kappa shape index (κ2) is 8.70. The maximum atomic E-state index is 13.0. The lowest BCUT2D eigenvalue weighted by molar-refractivity contribution is -0.124. The van der Waals surface area contributed by atoms with Crippen molar-refractivity contribution >= 4 is 51.5 Å². The number of esters is 1. The minimum absolute atomic E-state index is 0.122. The van der Waals surface area contributed by atoms with E-state index in [2.05, 4.69) is 4.98 Å². The Morgan fingerprint density at radius 2 is 2.18 bits per heavy atom. The zero-order chi connectivity index (χ0) is 20.3. The monoisotopic (exact) mass is 421 g/mol. The molecule has 7 nitrogen and oxygen atoms in total. The number of nitrogens with zero attached hydrogens (tertiary/aromatic N) is 3. The van der Waals surface area contributed by atoms with Crippen LogP contribution in [0.4, 0.5) is 10.8 Å². The highest BCUT2D eigenvalue weighted by Crippen LogP contribution is 2.30. The number of rotatable bonds is 6. The number of halogens is 1.